The number of piperidine rings is 1. The van der Waals surface area contributed by atoms with E-state index in [0.29, 0.717) is 18.7 Å². The molecule has 3 heteroatoms. The first-order valence-corrected chi connectivity index (χ1v) is 8.00. The van der Waals surface area contributed by atoms with Gasteiger partial charge in [0.2, 0.25) is 0 Å². The molecule has 2 rings (SSSR count). The van der Waals surface area contributed by atoms with Crippen molar-refractivity contribution in [2.75, 3.05) is 20.2 Å². The van der Waals surface area contributed by atoms with Crippen molar-refractivity contribution in [1.82, 2.24) is 4.90 Å². The molecular weight excluding hydrogens is 260 g/mol. The molecule has 3 nitrogen and oxygen atoms in total. The zero-order valence-corrected chi connectivity index (χ0v) is 13.9. The Morgan fingerprint density at radius 3 is 2.43 bits per heavy atom. The largest absolute Gasteiger partial charge is 0.381 e. The first kappa shape index (κ1) is 16.5. The average Bonchev–Trinajstić information content (AvgIpc) is 2.47. The summed E-state index contributed by atoms with van der Waals surface area (Å²) in [6.07, 6.45) is 2.53. The lowest BCUT2D eigenvalue weighted by Gasteiger charge is -2.38. The number of rotatable bonds is 4. The number of hydrogen-bond acceptors (Lipinski definition) is 3. The summed E-state index contributed by atoms with van der Waals surface area (Å²) in [5.41, 5.74) is 8.93. The Labute approximate surface area is 129 Å². The van der Waals surface area contributed by atoms with Gasteiger partial charge in [-0.1, -0.05) is 45.0 Å². The van der Waals surface area contributed by atoms with Crippen LogP contribution in [0.4, 0.5) is 0 Å². The molecule has 21 heavy (non-hydrogen) atoms. The minimum Gasteiger partial charge on any atom is -0.381 e. The van der Waals surface area contributed by atoms with Gasteiger partial charge in [0.1, 0.15) is 0 Å². The third kappa shape index (κ3) is 4.29. The molecule has 1 heterocycles. The molecule has 1 aromatic carbocycles. The van der Waals surface area contributed by atoms with Crippen LogP contribution in [0.1, 0.15) is 44.7 Å². The van der Waals surface area contributed by atoms with Gasteiger partial charge in [0.05, 0.1) is 6.10 Å². The summed E-state index contributed by atoms with van der Waals surface area (Å²) >= 11 is 0. The molecule has 1 aliphatic heterocycles. The molecule has 0 radical (unpaired) electrons. The minimum atomic E-state index is 0.217. The molecule has 118 valence electrons. The van der Waals surface area contributed by atoms with E-state index in [1.54, 1.807) is 7.11 Å². The highest BCUT2D eigenvalue weighted by molar-refractivity contribution is 5.27. The van der Waals surface area contributed by atoms with Crippen molar-refractivity contribution in [1.29, 1.82) is 0 Å². The maximum Gasteiger partial charge on any atom is 0.0599 e. The van der Waals surface area contributed by atoms with Crippen molar-refractivity contribution in [3.05, 3.63) is 35.4 Å². The molecule has 1 fully saturated rings. The Bertz CT molecular complexity index is 436. The normalized spacial score (nSPS) is 24.2. The van der Waals surface area contributed by atoms with Gasteiger partial charge in [-0.25, -0.2) is 0 Å². The summed E-state index contributed by atoms with van der Waals surface area (Å²) in [7, 11) is 1.80. The molecule has 1 saturated heterocycles. The van der Waals surface area contributed by atoms with Gasteiger partial charge in [-0.2, -0.15) is 0 Å². The molecule has 2 unspecified atom stereocenters. The van der Waals surface area contributed by atoms with Crippen LogP contribution in [-0.4, -0.2) is 37.2 Å². The molecule has 0 bridgehead atoms. The van der Waals surface area contributed by atoms with E-state index in [4.69, 9.17) is 10.5 Å². The van der Waals surface area contributed by atoms with Crippen LogP contribution in [0, 0.1) is 0 Å². The summed E-state index contributed by atoms with van der Waals surface area (Å²) < 4.78 is 5.49. The fourth-order valence-electron chi connectivity index (χ4n) is 3.07. The Morgan fingerprint density at radius 2 is 1.90 bits per heavy atom. The third-order valence-electron chi connectivity index (χ3n) is 4.60. The standard InChI is InChI=1S/C18H30N2O/c1-18(2,3)15-7-5-14(6-8-15)13-20-10-9-17(21-4)11-16(20)12-19/h5-8,16-17H,9-13,19H2,1-4H3. The van der Waals surface area contributed by atoms with Gasteiger partial charge in [-0.15, -0.1) is 0 Å². The van der Waals surface area contributed by atoms with Crippen molar-refractivity contribution in [3.63, 3.8) is 0 Å². The third-order valence-corrected chi connectivity index (χ3v) is 4.60. The van der Waals surface area contributed by atoms with Gasteiger partial charge >= 0.3 is 0 Å². The lowest BCUT2D eigenvalue weighted by atomic mass is 9.86. The molecule has 0 spiro atoms. The van der Waals surface area contributed by atoms with Gasteiger partial charge < -0.3 is 10.5 Å². The van der Waals surface area contributed by atoms with Crippen LogP contribution in [0.2, 0.25) is 0 Å². The van der Waals surface area contributed by atoms with E-state index in [1.165, 1.54) is 11.1 Å². The van der Waals surface area contributed by atoms with Crippen molar-refractivity contribution in [3.8, 4) is 0 Å². The highest BCUT2D eigenvalue weighted by Crippen LogP contribution is 2.24. The SMILES string of the molecule is COC1CCN(Cc2ccc(C(C)(C)C)cc2)C(CN)C1. The summed E-state index contributed by atoms with van der Waals surface area (Å²) in [6.45, 7) is 9.52. The number of benzene rings is 1. The number of hydrogen-bond donors (Lipinski definition) is 1. The molecule has 2 atom stereocenters. The van der Waals surface area contributed by atoms with Crippen LogP contribution in [0.3, 0.4) is 0 Å². The summed E-state index contributed by atoms with van der Waals surface area (Å²) in [4.78, 5) is 2.50. The van der Waals surface area contributed by atoms with Gasteiger partial charge in [0, 0.05) is 32.8 Å². The van der Waals surface area contributed by atoms with Crippen LogP contribution in [0.15, 0.2) is 24.3 Å². The quantitative estimate of drug-likeness (QED) is 0.926. The maximum atomic E-state index is 5.95. The van der Waals surface area contributed by atoms with Crippen LogP contribution >= 0.6 is 0 Å². The Kier molecular flexibility index (Phi) is 5.42. The van der Waals surface area contributed by atoms with Gasteiger partial charge in [-0.05, 0) is 29.4 Å². The maximum absolute atomic E-state index is 5.95. The molecule has 0 saturated carbocycles. The van der Waals surface area contributed by atoms with E-state index in [2.05, 4.69) is 49.9 Å². The Morgan fingerprint density at radius 1 is 1.24 bits per heavy atom. The zero-order valence-electron chi connectivity index (χ0n) is 13.9. The summed E-state index contributed by atoms with van der Waals surface area (Å²) in [5.74, 6) is 0. The zero-order chi connectivity index (χ0) is 15.5. The molecular formula is C18H30N2O. The first-order chi connectivity index (χ1) is 9.94. The summed E-state index contributed by atoms with van der Waals surface area (Å²) in [6, 6.07) is 9.47. The second-order valence-electron chi connectivity index (χ2n) is 7.19. The summed E-state index contributed by atoms with van der Waals surface area (Å²) in [5, 5.41) is 0. The fraction of sp³-hybridized carbons (Fsp3) is 0.667. The van der Waals surface area contributed by atoms with Crippen molar-refractivity contribution in [2.45, 2.75) is 57.7 Å². The van der Waals surface area contributed by atoms with E-state index in [-0.39, 0.29) is 5.41 Å². The molecule has 0 amide bonds. The number of nitrogens with two attached hydrogens (primary N) is 1. The van der Waals surface area contributed by atoms with E-state index >= 15 is 0 Å². The molecule has 0 aliphatic carbocycles. The predicted molar refractivity (Wildman–Crippen MR) is 88.4 cm³/mol. The smallest absolute Gasteiger partial charge is 0.0599 e. The second kappa shape index (κ2) is 6.91. The highest BCUT2D eigenvalue weighted by atomic mass is 16.5. The monoisotopic (exact) mass is 290 g/mol. The van der Waals surface area contributed by atoms with Crippen LogP contribution in [0.5, 0.6) is 0 Å². The van der Waals surface area contributed by atoms with Crippen molar-refractivity contribution in [2.24, 2.45) is 5.73 Å². The van der Waals surface area contributed by atoms with E-state index in [1.807, 2.05) is 0 Å². The molecule has 2 N–H and O–H groups in total. The Hall–Kier alpha value is -0.900. The highest BCUT2D eigenvalue weighted by Gasteiger charge is 2.27. The molecule has 1 aliphatic rings. The molecule has 1 aromatic rings. The van der Waals surface area contributed by atoms with Crippen LogP contribution in [0.25, 0.3) is 0 Å². The predicted octanol–water partition coefficient (Wildman–Crippen LogP) is 2.92. The lowest BCUT2D eigenvalue weighted by molar-refractivity contribution is 0.0102. The van der Waals surface area contributed by atoms with Gasteiger partial charge in [0.15, 0.2) is 0 Å². The van der Waals surface area contributed by atoms with Crippen molar-refractivity contribution < 1.29 is 4.74 Å². The lowest BCUT2D eigenvalue weighted by Crippen LogP contribution is -2.47. The number of ether oxygens (including phenoxy) is 1. The fourth-order valence-corrected chi connectivity index (χ4v) is 3.07. The average molecular weight is 290 g/mol. The number of likely N-dealkylation sites (tertiary alicyclic amines) is 1. The number of nitrogens with zero attached hydrogens (tertiary/aromatic N) is 1. The van der Waals surface area contributed by atoms with Crippen molar-refractivity contribution >= 4 is 0 Å². The number of methoxy groups -OCH3 is 1. The van der Waals surface area contributed by atoms with E-state index in [9.17, 15) is 0 Å². The first-order valence-electron chi connectivity index (χ1n) is 8.00. The van der Waals surface area contributed by atoms with E-state index < -0.39 is 0 Å². The Balaban J connectivity index is 2.00. The van der Waals surface area contributed by atoms with Gasteiger partial charge in [-0.3, -0.25) is 4.90 Å². The van der Waals surface area contributed by atoms with Crippen LogP contribution in [-0.2, 0) is 16.7 Å². The topological polar surface area (TPSA) is 38.5 Å². The van der Waals surface area contributed by atoms with Gasteiger partial charge in [0.25, 0.3) is 0 Å². The second-order valence-corrected chi connectivity index (χ2v) is 7.19. The minimum absolute atomic E-state index is 0.217. The van der Waals surface area contributed by atoms with Crippen LogP contribution < -0.4 is 5.73 Å². The van der Waals surface area contributed by atoms with E-state index in [0.717, 1.165) is 25.9 Å². The molecule has 0 aromatic heterocycles.